The Hall–Kier alpha value is -0.870. The van der Waals surface area contributed by atoms with Crippen LogP contribution in [-0.4, -0.2) is 30.3 Å². The van der Waals surface area contributed by atoms with E-state index < -0.39 is 12.0 Å². The topological polar surface area (TPSA) is 61.5 Å². The van der Waals surface area contributed by atoms with Crippen LogP contribution in [0.25, 0.3) is 0 Å². The molecule has 2 N–H and O–H groups in total. The molecule has 4 heteroatoms. The lowest BCUT2D eigenvalue weighted by atomic mass is 10.1. The van der Waals surface area contributed by atoms with E-state index in [1.165, 1.54) is 6.08 Å². The van der Waals surface area contributed by atoms with Gasteiger partial charge in [0.05, 0.1) is 11.7 Å². The summed E-state index contributed by atoms with van der Waals surface area (Å²) in [5.74, 6) is -0.466. The second-order valence-corrected chi connectivity index (χ2v) is 4.38. The van der Waals surface area contributed by atoms with Crippen molar-refractivity contribution in [3.8, 4) is 0 Å². The van der Waals surface area contributed by atoms with Gasteiger partial charge in [0.1, 0.15) is 12.6 Å². The van der Waals surface area contributed by atoms with Crippen LogP contribution in [0.1, 0.15) is 27.7 Å². The molecule has 0 bridgehead atoms. The predicted molar refractivity (Wildman–Crippen MR) is 59.4 cm³/mol. The molecule has 0 aromatic heterocycles. The summed E-state index contributed by atoms with van der Waals surface area (Å²) in [4.78, 5) is 11.4. The maximum atomic E-state index is 11.4. The molecule has 0 saturated carbocycles. The second kappa shape index (κ2) is 5.88. The summed E-state index contributed by atoms with van der Waals surface area (Å²) < 4.78 is 10.4. The molecule has 0 aliphatic heterocycles. The Morgan fingerprint density at radius 3 is 2.47 bits per heavy atom. The Morgan fingerprint density at radius 1 is 1.53 bits per heavy atom. The molecular weight excluding hydrogens is 194 g/mol. The third-order valence-electron chi connectivity index (χ3n) is 1.66. The number of esters is 1. The highest BCUT2D eigenvalue weighted by Crippen LogP contribution is 2.12. The first-order valence-electron chi connectivity index (χ1n) is 4.99. The standard InChI is InChI=1S/C11H21NO3/c1-6-7-14-10(13)9(12)8(2)15-11(3,4)5/h6,8-9H,1,7,12H2,2-5H3/t8-,9+/m1/s1. The minimum atomic E-state index is -0.760. The first-order chi connectivity index (χ1) is 6.78. The van der Waals surface area contributed by atoms with E-state index in [-0.39, 0.29) is 18.3 Å². The average molecular weight is 215 g/mol. The van der Waals surface area contributed by atoms with Crippen molar-refractivity contribution in [3.63, 3.8) is 0 Å². The van der Waals surface area contributed by atoms with Gasteiger partial charge in [-0.2, -0.15) is 0 Å². The largest absolute Gasteiger partial charge is 0.460 e. The zero-order valence-electron chi connectivity index (χ0n) is 9.95. The van der Waals surface area contributed by atoms with Crippen LogP contribution in [-0.2, 0) is 14.3 Å². The molecule has 15 heavy (non-hydrogen) atoms. The first-order valence-corrected chi connectivity index (χ1v) is 4.99. The van der Waals surface area contributed by atoms with Crippen molar-refractivity contribution >= 4 is 5.97 Å². The van der Waals surface area contributed by atoms with Gasteiger partial charge in [0.2, 0.25) is 0 Å². The summed E-state index contributed by atoms with van der Waals surface area (Å²) in [6.45, 7) is 11.1. The fourth-order valence-corrected chi connectivity index (χ4v) is 1.06. The van der Waals surface area contributed by atoms with Gasteiger partial charge in [0.25, 0.3) is 0 Å². The van der Waals surface area contributed by atoms with Gasteiger partial charge < -0.3 is 15.2 Å². The molecule has 0 aromatic carbocycles. The maximum Gasteiger partial charge on any atom is 0.325 e. The Balaban J connectivity index is 4.13. The van der Waals surface area contributed by atoms with Crippen LogP contribution in [0.2, 0.25) is 0 Å². The number of carbonyl (C=O) groups excluding carboxylic acids is 1. The van der Waals surface area contributed by atoms with Gasteiger partial charge in [-0.15, -0.1) is 0 Å². The Bertz CT molecular complexity index is 220. The van der Waals surface area contributed by atoms with Crippen LogP contribution >= 0.6 is 0 Å². The van der Waals surface area contributed by atoms with Crippen LogP contribution in [0.5, 0.6) is 0 Å². The van der Waals surface area contributed by atoms with E-state index in [4.69, 9.17) is 15.2 Å². The van der Waals surface area contributed by atoms with E-state index >= 15 is 0 Å². The molecular formula is C11H21NO3. The summed E-state index contributed by atoms with van der Waals surface area (Å²) in [6.07, 6.45) is 1.13. The predicted octanol–water partition coefficient (Wildman–Crippen LogP) is 1.25. The Labute approximate surface area is 91.4 Å². The molecule has 0 fully saturated rings. The molecule has 0 heterocycles. The summed E-state index contributed by atoms with van der Waals surface area (Å²) in [7, 11) is 0. The minimum absolute atomic E-state index is 0.175. The highest BCUT2D eigenvalue weighted by atomic mass is 16.5. The van der Waals surface area contributed by atoms with Crippen molar-refractivity contribution in [2.75, 3.05) is 6.61 Å². The number of rotatable bonds is 5. The van der Waals surface area contributed by atoms with Gasteiger partial charge in [0, 0.05) is 0 Å². The van der Waals surface area contributed by atoms with Crippen molar-refractivity contribution in [1.29, 1.82) is 0 Å². The number of ether oxygens (including phenoxy) is 2. The molecule has 0 aliphatic carbocycles. The highest BCUT2D eigenvalue weighted by molar-refractivity contribution is 5.76. The molecule has 0 rings (SSSR count). The molecule has 0 radical (unpaired) electrons. The van der Waals surface area contributed by atoms with Gasteiger partial charge in [0.15, 0.2) is 0 Å². The Morgan fingerprint density at radius 2 is 2.07 bits per heavy atom. The van der Waals surface area contributed by atoms with Gasteiger partial charge in [-0.1, -0.05) is 12.7 Å². The molecule has 0 unspecified atom stereocenters. The summed E-state index contributed by atoms with van der Waals surface area (Å²) in [5, 5.41) is 0. The van der Waals surface area contributed by atoms with Crippen LogP contribution in [0, 0.1) is 0 Å². The van der Waals surface area contributed by atoms with Crippen molar-refractivity contribution in [3.05, 3.63) is 12.7 Å². The zero-order chi connectivity index (χ0) is 12.1. The number of hydrogen-bond acceptors (Lipinski definition) is 4. The van der Waals surface area contributed by atoms with Crippen molar-refractivity contribution in [1.82, 2.24) is 0 Å². The molecule has 0 amide bonds. The Kier molecular flexibility index (Phi) is 5.54. The molecule has 0 aliphatic rings. The fourth-order valence-electron chi connectivity index (χ4n) is 1.06. The lowest BCUT2D eigenvalue weighted by Crippen LogP contribution is -2.45. The summed E-state index contributed by atoms with van der Waals surface area (Å²) in [6, 6.07) is -0.760. The SMILES string of the molecule is C=CCOC(=O)[C@@H](N)[C@@H](C)OC(C)(C)C. The zero-order valence-corrected chi connectivity index (χ0v) is 9.95. The fraction of sp³-hybridized carbons (Fsp3) is 0.727. The molecule has 0 spiro atoms. The lowest BCUT2D eigenvalue weighted by molar-refractivity contribution is -0.150. The van der Waals surface area contributed by atoms with E-state index in [1.54, 1.807) is 6.92 Å². The smallest absolute Gasteiger partial charge is 0.325 e. The molecule has 0 saturated heterocycles. The molecule has 88 valence electrons. The van der Waals surface area contributed by atoms with Gasteiger partial charge in [-0.3, -0.25) is 4.79 Å². The highest BCUT2D eigenvalue weighted by Gasteiger charge is 2.26. The summed E-state index contributed by atoms with van der Waals surface area (Å²) >= 11 is 0. The number of hydrogen-bond donors (Lipinski definition) is 1. The minimum Gasteiger partial charge on any atom is -0.460 e. The van der Waals surface area contributed by atoms with E-state index in [2.05, 4.69) is 6.58 Å². The van der Waals surface area contributed by atoms with E-state index in [9.17, 15) is 4.79 Å². The van der Waals surface area contributed by atoms with Crippen molar-refractivity contribution in [2.45, 2.75) is 45.4 Å². The van der Waals surface area contributed by atoms with Gasteiger partial charge in [-0.25, -0.2) is 0 Å². The van der Waals surface area contributed by atoms with E-state index in [0.29, 0.717) is 0 Å². The lowest BCUT2D eigenvalue weighted by Gasteiger charge is -2.27. The number of nitrogens with two attached hydrogens (primary N) is 1. The second-order valence-electron chi connectivity index (χ2n) is 4.38. The molecule has 0 aromatic rings. The van der Waals surface area contributed by atoms with Crippen molar-refractivity contribution in [2.24, 2.45) is 5.73 Å². The third-order valence-corrected chi connectivity index (χ3v) is 1.66. The van der Waals surface area contributed by atoms with Crippen LogP contribution in [0.4, 0.5) is 0 Å². The normalized spacial score (nSPS) is 15.5. The van der Waals surface area contributed by atoms with Crippen LogP contribution < -0.4 is 5.73 Å². The molecule has 4 nitrogen and oxygen atoms in total. The summed E-state index contributed by atoms with van der Waals surface area (Å²) in [5.41, 5.74) is 5.35. The van der Waals surface area contributed by atoms with Crippen LogP contribution in [0.3, 0.4) is 0 Å². The van der Waals surface area contributed by atoms with E-state index in [0.717, 1.165) is 0 Å². The maximum absolute atomic E-state index is 11.4. The van der Waals surface area contributed by atoms with Gasteiger partial charge >= 0.3 is 5.97 Å². The molecule has 2 atom stereocenters. The van der Waals surface area contributed by atoms with Gasteiger partial charge in [-0.05, 0) is 27.7 Å². The first kappa shape index (κ1) is 14.1. The van der Waals surface area contributed by atoms with Crippen LogP contribution in [0.15, 0.2) is 12.7 Å². The average Bonchev–Trinajstić information content (AvgIpc) is 2.10. The monoisotopic (exact) mass is 215 g/mol. The third kappa shape index (κ3) is 6.25. The quantitative estimate of drug-likeness (QED) is 0.554. The van der Waals surface area contributed by atoms with Crippen molar-refractivity contribution < 1.29 is 14.3 Å². The van der Waals surface area contributed by atoms with E-state index in [1.807, 2.05) is 20.8 Å². The number of carbonyl (C=O) groups is 1.